The SMILES string of the molecule is COC(=O)[C@H](CCC(=O)OC(C)(C)C)NC(=O)CC[C@H](NC(=O)OCc1ccccc1)C(=O)N[C@@H](CCC(=O)O)C(=O)O. The van der Waals surface area contributed by atoms with Crippen LogP contribution in [0.2, 0.25) is 0 Å². The summed E-state index contributed by atoms with van der Waals surface area (Å²) in [5, 5.41) is 25.1. The lowest BCUT2D eigenvalue weighted by atomic mass is 10.1. The van der Waals surface area contributed by atoms with Gasteiger partial charge in [0.15, 0.2) is 0 Å². The van der Waals surface area contributed by atoms with Crippen LogP contribution in [0.15, 0.2) is 30.3 Å². The Hall–Kier alpha value is -4.69. The van der Waals surface area contributed by atoms with Crippen molar-refractivity contribution in [3.05, 3.63) is 35.9 Å². The molecule has 0 unspecified atom stereocenters. The van der Waals surface area contributed by atoms with Crippen LogP contribution in [0.3, 0.4) is 0 Å². The highest BCUT2D eigenvalue weighted by atomic mass is 16.6. The van der Waals surface area contributed by atoms with E-state index in [4.69, 9.17) is 19.3 Å². The van der Waals surface area contributed by atoms with E-state index in [1.54, 1.807) is 51.1 Å². The Kier molecular flexibility index (Phi) is 15.2. The number of carbonyl (C=O) groups is 7. The van der Waals surface area contributed by atoms with Gasteiger partial charge in [-0.3, -0.25) is 19.2 Å². The molecule has 238 valence electrons. The van der Waals surface area contributed by atoms with E-state index in [2.05, 4.69) is 16.0 Å². The second kappa shape index (κ2) is 18.0. The van der Waals surface area contributed by atoms with Gasteiger partial charge in [-0.2, -0.15) is 0 Å². The fraction of sp³-hybridized carbons (Fsp3) is 0.536. The maximum Gasteiger partial charge on any atom is 0.408 e. The molecule has 1 aromatic carbocycles. The van der Waals surface area contributed by atoms with Crippen LogP contribution in [0, 0.1) is 0 Å². The van der Waals surface area contributed by atoms with Crippen LogP contribution < -0.4 is 16.0 Å². The van der Waals surface area contributed by atoms with E-state index < -0.39 is 84.8 Å². The third kappa shape index (κ3) is 15.8. The topological polar surface area (TPSA) is 224 Å². The summed E-state index contributed by atoms with van der Waals surface area (Å²) in [7, 11) is 1.10. The summed E-state index contributed by atoms with van der Waals surface area (Å²) < 4.78 is 15.0. The lowest BCUT2D eigenvalue weighted by Crippen LogP contribution is -2.52. The molecule has 0 aliphatic rings. The fourth-order valence-corrected chi connectivity index (χ4v) is 3.56. The van der Waals surface area contributed by atoms with Crippen molar-refractivity contribution >= 4 is 41.8 Å². The van der Waals surface area contributed by atoms with Crippen molar-refractivity contribution < 1.29 is 58.0 Å². The van der Waals surface area contributed by atoms with Crippen molar-refractivity contribution in [1.29, 1.82) is 0 Å². The smallest absolute Gasteiger partial charge is 0.408 e. The van der Waals surface area contributed by atoms with Gasteiger partial charge in [-0.15, -0.1) is 0 Å². The molecule has 5 N–H and O–H groups in total. The van der Waals surface area contributed by atoms with Gasteiger partial charge in [-0.05, 0) is 45.6 Å². The van der Waals surface area contributed by atoms with Gasteiger partial charge in [0, 0.05) is 19.3 Å². The molecule has 15 heteroatoms. The van der Waals surface area contributed by atoms with Crippen molar-refractivity contribution in [3.63, 3.8) is 0 Å². The summed E-state index contributed by atoms with van der Waals surface area (Å²) in [6, 6.07) is 4.34. The molecule has 0 heterocycles. The Morgan fingerprint density at radius 1 is 0.791 bits per heavy atom. The minimum Gasteiger partial charge on any atom is -0.481 e. The minimum atomic E-state index is -1.58. The van der Waals surface area contributed by atoms with Gasteiger partial charge in [0.1, 0.15) is 30.3 Å². The van der Waals surface area contributed by atoms with Crippen LogP contribution in [0.4, 0.5) is 4.79 Å². The van der Waals surface area contributed by atoms with E-state index in [-0.39, 0.29) is 25.9 Å². The molecule has 0 fully saturated rings. The number of hydrogen-bond donors (Lipinski definition) is 5. The molecule has 1 rings (SSSR count). The first-order valence-electron chi connectivity index (χ1n) is 13.4. The molecule has 43 heavy (non-hydrogen) atoms. The first-order valence-corrected chi connectivity index (χ1v) is 13.4. The first-order chi connectivity index (χ1) is 20.1. The summed E-state index contributed by atoms with van der Waals surface area (Å²) >= 11 is 0. The average Bonchev–Trinajstić information content (AvgIpc) is 2.93. The predicted octanol–water partition coefficient (Wildman–Crippen LogP) is 1.28. The lowest BCUT2D eigenvalue weighted by molar-refractivity contribution is -0.155. The van der Waals surface area contributed by atoms with Crippen molar-refractivity contribution in [3.8, 4) is 0 Å². The van der Waals surface area contributed by atoms with Crippen LogP contribution in [0.1, 0.15) is 64.9 Å². The second-order valence-corrected chi connectivity index (χ2v) is 10.4. The minimum absolute atomic E-state index is 0.134. The number of esters is 2. The van der Waals surface area contributed by atoms with Gasteiger partial charge in [0.2, 0.25) is 11.8 Å². The number of benzene rings is 1. The van der Waals surface area contributed by atoms with Crippen LogP contribution in [0.25, 0.3) is 0 Å². The zero-order valence-electron chi connectivity index (χ0n) is 24.5. The molecule has 0 saturated heterocycles. The third-order valence-electron chi connectivity index (χ3n) is 5.62. The van der Waals surface area contributed by atoms with Gasteiger partial charge in [0.25, 0.3) is 0 Å². The number of carboxylic acid groups (broad SMARTS) is 2. The van der Waals surface area contributed by atoms with Gasteiger partial charge in [-0.1, -0.05) is 30.3 Å². The molecule has 0 aromatic heterocycles. The van der Waals surface area contributed by atoms with Crippen LogP contribution in [0.5, 0.6) is 0 Å². The van der Waals surface area contributed by atoms with Gasteiger partial charge in [0.05, 0.1) is 7.11 Å². The molecule has 0 aliphatic carbocycles. The molecule has 0 bridgehead atoms. The van der Waals surface area contributed by atoms with E-state index in [1.807, 2.05) is 0 Å². The maximum atomic E-state index is 12.9. The Bertz CT molecular complexity index is 1130. The summed E-state index contributed by atoms with van der Waals surface area (Å²) in [6.45, 7) is 4.88. The molecule has 15 nitrogen and oxygen atoms in total. The Balaban J connectivity index is 2.92. The Labute approximate surface area is 248 Å². The molecule has 0 radical (unpaired) electrons. The summed E-state index contributed by atoms with van der Waals surface area (Å²) in [6.07, 6.45) is -3.13. The predicted molar refractivity (Wildman–Crippen MR) is 148 cm³/mol. The highest BCUT2D eigenvalue weighted by Gasteiger charge is 2.29. The molecule has 0 aliphatic heterocycles. The molecule has 3 atom stereocenters. The number of aliphatic carboxylic acids is 2. The number of hydrogen-bond acceptors (Lipinski definition) is 10. The van der Waals surface area contributed by atoms with Crippen LogP contribution in [-0.2, 0) is 49.6 Å². The Morgan fingerprint density at radius 2 is 1.40 bits per heavy atom. The first kappa shape index (κ1) is 36.3. The molecular formula is C28H39N3O12. The molecule has 0 spiro atoms. The average molecular weight is 610 g/mol. The molecule has 0 saturated carbocycles. The number of carbonyl (C=O) groups excluding carboxylic acids is 5. The van der Waals surface area contributed by atoms with Crippen molar-refractivity contribution in [1.82, 2.24) is 16.0 Å². The molecule has 1 aromatic rings. The standard InChI is InChI=1S/C28H39N3O12/c1-28(2,3)43-23(35)15-12-20(26(39)41-4)29-21(32)13-10-18(24(36)30-19(25(37)38)11-14-22(33)34)31-27(40)42-16-17-8-6-5-7-9-17/h5-9,18-20H,10-16H2,1-4H3,(H,29,32)(H,30,36)(H,31,40)(H,33,34)(H,37,38)/t18-,19-,20-/m0/s1. The number of alkyl carbamates (subject to hydrolysis) is 1. The summed E-state index contributed by atoms with van der Waals surface area (Å²) in [5.74, 6) is -5.93. The normalized spacial score (nSPS) is 12.9. The van der Waals surface area contributed by atoms with Gasteiger partial charge in [-0.25, -0.2) is 14.4 Å². The number of nitrogens with one attached hydrogen (secondary N) is 3. The highest BCUT2D eigenvalue weighted by molar-refractivity contribution is 5.90. The fourth-order valence-electron chi connectivity index (χ4n) is 3.56. The van der Waals surface area contributed by atoms with E-state index in [0.717, 1.165) is 7.11 Å². The maximum absolute atomic E-state index is 12.9. The van der Waals surface area contributed by atoms with E-state index in [9.17, 15) is 38.7 Å². The lowest BCUT2D eigenvalue weighted by Gasteiger charge is -2.22. The van der Waals surface area contributed by atoms with Crippen molar-refractivity contribution in [2.24, 2.45) is 0 Å². The quantitative estimate of drug-likeness (QED) is 0.124. The number of amides is 3. The van der Waals surface area contributed by atoms with Crippen LogP contribution in [-0.4, -0.2) is 82.8 Å². The third-order valence-corrected chi connectivity index (χ3v) is 5.62. The summed E-state index contributed by atoms with van der Waals surface area (Å²) in [4.78, 5) is 84.8. The van der Waals surface area contributed by atoms with E-state index >= 15 is 0 Å². The van der Waals surface area contributed by atoms with Crippen LogP contribution >= 0.6 is 0 Å². The monoisotopic (exact) mass is 609 g/mol. The Morgan fingerprint density at radius 3 is 1.95 bits per heavy atom. The number of ether oxygens (including phenoxy) is 3. The highest BCUT2D eigenvalue weighted by Crippen LogP contribution is 2.11. The molecule has 3 amide bonds. The van der Waals surface area contributed by atoms with E-state index in [1.165, 1.54) is 0 Å². The van der Waals surface area contributed by atoms with Crippen molar-refractivity contribution in [2.45, 2.75) is 89.6 Å². The second-order valence-electron chi connectivity index (χ2n) is 10.4. The summed E-state index contributed by atoms with van der Waals surface area (Å²) in [5.41, 5.74) is -0.1000. The zero-order valence-corrected chi connectivity index (χ0v) is 24.5. The number of rotatable bonds is 17. The van der Waals surface area contributed by atoms with Gasteiger partial charge >= 0.3 is 30.0 Å². The van der Waals surface area contributed by atoms with E-state index in [0.29, 0.717) is 5.56 Å². The van der Waals surface area contributed by atoms with Crippen molar-refractivity contribution in [2.75, 3.05) is 7.11 Å². The largest absolute Gasteiger partial charge is 0.481 e. The molecular weight excluding hydrogens is 570 g/mol. The number of methoxy groups -OCH3 is 1. The zero-order chi connectivity index (χ0) is 32.6. The van der Waals surface area contributed by atoms with Gasteiger partial charge < -0.3 is 40.4 Å². The number of carboxylic acids is 2.